The predicted molar refractivity (Wildman–Crippen MR) is 187 cm³/mol. The minimum absolute atomic E-state index is 0.0776. The van der Waals surface area contributed by atoms with Crippen molar-refractivity contribution in [2.24, 2.45) is 0 Å². The smallest absolute Gasteiger partial charge is 0.457 e. The fourth-order valence-corrected chi connectivity index (χ4v) is 5.26. The van der Waals surface area contributed by atoms with Crippen molar-refractivity contribution in [1.29, 1.82) is 0 Å². The number of carbonyl (C=O) groups is 1. The van der Waals surface area contributed by atoms with E-state index in [1.165, 1.54) is 77.0 Å². The van der Waals surface area contributed by atoms with Crippen molar-refractivity contribution in [3.05, 3.63) is 36.5 Å². The standard InChI is InChI=1S/C36H68NO7P/c1-6-8-10-12-14-16-17-18-19-20-22-24-26-28-31-41-33-35(34-43-45(39,40)42-32-30-37(3,4)5)44-36(38)29-27-25-23-21-15-13-11-9-7-2/h7,9,13,15,23,25,35H,6,8,10-12,14,16-22,24,26-34H2,1-5H3/p+1/t35-/m1/s1. The van der Waals surface area contributed by atoms with E-state index in [2.05, 4.69) is 25.2 Å². The number of ether oxygens (including phenoxy) is 2. The first-order chi connectivity index (χ1) is 21.6. The third kappa shape index (κ3) is 33.9. The molecule has 0 saturated carbocycles. The number of esters is 1. The lowest BCUT2D eigenvalue weighted by Gasteiger charge is -2.24. The van der Waals surface area contributed by atoms with E-state index in [-0.39, 0.29) is 26.2 Å². The minimum Gasteiger partial charge on any atom is -0.457 e. The molecule has 264 valence electrons. The van der Waals surface area contributed by atoms with Crippen molar-refractivity contribution < 1.29 is 37.3 Å². The fourth-order valence-electron chi connectivity index (χ4n) is 4.52. The topological polar surface area (TPSA) is 91.3 Å². The highest BCUT2D eigenvalue weighted by atomic mass is 31.2. The number of phosphoric ester groups is 1. The Balaban J connectivity index is 4.35. The molecule has 2 atom stereocenters. The van der Waals surface area contributed by atoms with E-state index in [4.69, 9.17) is 18.5 Å². The maximum atomic E-state index is 12.5. The molecule has 0 aromatic rings. The number of quaternary nitrogens is 1. The average molecular weight is 659 g/mol. The molecular weight excluding hydrogens is 589 g/mol. The summed E-state index contributed by atoms with van der Waals surface area (Å²) in [6.07, 6.45) is 32.1. The molecule has 0 aliphatic carbocycles. The third-order valence-corrected chi connectivity index (χ3v) is 8.30. The molecular formula is C36H69NO7P+. The Labute approximate surface area is 276 Å². The van der Waals surface area contributed by atoms with Crippen LogP contribution in [0.5, 0.6) is 0 Å². The molecule has 0 aliphatic rings. The molecule has 9 heteroatoms. The molecule has 0 heterocycles. The highest BCUT2D eigenvalue weighted by Gasteiger charge is 2.26. The van der Waals surface area contributed by atoms with Gasteiger partial charge in [-0.2, -0.15) is 0 Å². The number of allylic oxidation sites excluding steroid dienone is 6. The quantitative estimate of drug-likeness (QED) is 0.0253. The van der Waals surface area contributed by atoms with Crippen LogP contribution in [-0.2, 0) is 27.9 Å². The molecule has 0 rings (SSSR count). The molecule has 0 spiro atoms. The van der Waals surface area contributed by atoms with Crippen LogP contribution in [0.4, 0.5) is 0 Å². The first kappa shape index (κ1) is 43.7. The highest BCUT2D eigenvalue weighted by Crippen LogP contribution is 2.43. The average Bonchev–Trinajstić information content (AvgIpc) is 2.98. The van der Waals surface area contributed by atoms with Crippen LogP contribution in [0.2, 0.25) is 0 Å². The van der Waals surface area contributed by atoms with Crippen molar-refractivity contribution in [2.75, 3.05) is 54.1 Å². The second-order valence-corrected chi connectivity index (χ2v) is 14.4. The van der Waals surface area contributed by atoms with Gasteiger partial charge < -0.3 is 18.9 Å². The first-order valence-electron chi connectivity index (χ1n) is 17.7. The number of hydrogen-bond donors (Lipinski definition) is 1. The lowest BCUT2D eigenvalue weighted by molar-refractivity contribution is -0.870. The maximum absolute atomic E-state index is 12.5. The molecule has 1 unspecified atom stereocenters. The normalized spacial score (nSPS) is 14.5. The van der Waals surface area contributed by atoms with Gasteiger partial charge in [-0.3, -0.25) is 13.8 Å². The van der Waals surface area contributed by atoms with E-state index in [0.717, 1.165) is 25.7 Å². The lowest BCUT2D eigenvalue weighted by Crippen LogP contribution is -2.37. The van der Waals surface area contributed by atoms with E-state index < -0.39 is 19.9 Å². The highest BCUT2D eigenvalue weighted by molar-refractivity contribution is 7.47. The van der Waals surface area contributed by atoms with Crippen molar-refractivity contribution >= 4 is 13.8 Å². The summed E-state index contributed by atoms with van der Waals surface area (Å²) >= 11 is 0. The Bertz CT molecular complexity index is 823. The number of rotatable bonds is 32. The molecule has 0 amide bonds. The molecule has 0 bridgehead atoms. The van der Waals surface area contributed by atoms with Crippen molar-refractivity contribution in [1.82, 2.24) is 0 Å². The summed E-state index contributed by atoms with van der Waals surface area (Å²) in [6.45, 7) is 5.28. The summed E-state index contributed by atoms with van der Waals surface area (Å²) in [6, 6.07) is 0. The summed E-state index contributed by atoms with van der Waals surface area (Å²) in [5.41, 5.74) is 0. The molecule has 45 heavy (non-hydrogen) atoms. The first-order valence-corrected chi connectivity index (χ1v) is 19.2. The fraction of sp³-hybridized carbons (Fsp3) is 0.806. The van der Waals surface area contributed by atoms with Crippen molar-refractivity contribution in [2.45, 2.75) is 136 Å². The summed E-state index contributed by atoms with van der Waals surface area (Å²) in [5.74, 6) is -0.393. The number of nitrogens with zero attached hydrogens (tertiary/aromatic N) is 1. The molecule has 8 nitrogen and oxygen atoms in total. The zero-order valence-electron chi connectivity index (χ0n) is 29.6. The van der Waals surface area contributed by atoms with Crippen LogP contribution in [0.1, 0.15) is 129 Å². The zero-order valence-corrected chi connectivity index (χ0v) is 30.5. The van der Waals surface area contributed by atoms with Crippen LogP contribution in [0, 0.1) is 0 Å². The van der Waals surface area contributed by atoms with Crippen LogP contribution in [0.15, 0.2) is 36.5 Å². The summed E-state index contributed by atoms with van der Waals surface area (Å²) < 4.78 is 34.6. The Morgan fingerprint density at radius 2 is 1.27 bits per heavy atom. The molecule has 0 fully saturated rings. The van der Waals surface area contributed by atoms with Crippen LogP contribution >= 0.6 is 7.82 Å². The Morgan fingerprint density at radius 1 is 0.733 bits per heavy atom. The van der Waals surface area contributed by atoms with Gasteiger partial charge in [0.05, 0.1) is 34.4 Å². The van der Waals surface area contributed by atoms with Crippen molar-refractivity contribution in [3.63, 3.8) is 0 Å². The van der Waals surface area contributed by atoms with Crippen LogP contribution in [0.25, 0.3) is 0 Å². The number of unbranched alkanes of at least 4 members (excludes halogenated alkanes) is 13. The summed E-state index contributed by atoms with van der Waals surface area (Å²) in [7, 11) is 1.63. The lowest BCUT2D eigenvalue weighted by atomic mass is 10.0. The van der Waals surface area contributed by atoms with Crippen LogP contribution in [-0.4, -0.2) is 75.6 Å². The minimum atomic E-state index is -4.27. The zero-order chi connectivity index (χ0) is 33.5. The largest absolute Gasteiger partial charge is 0.472 e. The predicted octanol–water partition coefficient (Wildman–Crippen LogP) is 9.48. The second-order valence-electron chi connectivity index (χ2n) is 12.9. The molecule has 0 saturated heterocycles. The molecule has 0 radical (unpaired) electrons. The SMILES string of the molecule is CC=CCC=CCC=CCCC(=O)O[C@H](COCCCCCCCCCCCCCCCC)COP(=O)(O)OCC[N+](C)(C)C. The molecule has 1 N–H and O–H groups in total. The molecule has 0 aromatic heterocycles. The van der Waals surface area contributed by atoms with E-state index >= 15 is 0 Å². The summed E-state index contributed by atoms with van der Waals surface area (Å²) in [4.78, 5) is 22.6. The van der Waals surface area contributed by atoms with E-state index in [1.807, 2.05) is 46.3 Å². The second kappa shape index (κ2) is 30.1. The van der Waals surface area contributed by atoms with E-state index in [1.54, 1.807) is 0 Å². The van der Waals surface area contributed by atoms with E-state index in [9.17, 15) is 14.3 Å². The number of phosphoric acid groups is 1. The van der Waals surface area contributed by atoms with Gasteiger partial charge in [-0.25, -0.2) is 4.57 Å². The van der Waals surface area contributed by atoms with Crippen LogP contribution in [0.3, 0.4) is 0 Å². The monoisotopic (exact) mass is 658 g/mol. The van der Waals surface area contributed by atoms with Gasteiger partial charge in [-0.1, -0.05) is 127 Å². The van der Waals surface area contributed by atoms with Crippen LogP contribution < -0.4 is 0 Å². The Kier molecular flexibility index (Phi) is 29.2. The maximum Gasteiger partial charge on any atom is 0.472 e. The van der Waals surface area contributed by atoms with Crippen molar-refractivity contribution in [3.8, 4) is 0 Å². The number of likely N-dealkylation sites (N-methyl/N-ethyl adjacent to an activating group) is 1. The van der Waals surface area contributed by atoms with Gasteiger partial charge in [0.25, 0.3) is 0 Å². The van der Waals surface area contributed by atoms with E-state index in [0.29, 0.717) is 24.1 Å². The number of hydrogen-bond acceptors (Lipinski definition) is 6. The Hall–Kier alpha value is -1.28. The third-order valence-electron chi connectivity index (χ3n) is 7.31. The Morgan fingerprint density at radius 3 is 1.82 bits per heavy atom. The van der Waals surface area contributed by atoms with Gasteiger partial charge in [0.1, 0.15) is 19.3 Å². The van der Waals surface area contributed by atoms with Gasteiger partial charge in [0.2, 0.25) is 0 Å². The van der Waals surface area contributed by atoms with Gasteiger partial charge >= 0.3 is 13.8 Å². The number of carbonyl (C=O) groups excluding carboxylic acids is 1. The van der Waals surface area contributed by atoms with Gasteiger partial charge in [0.15, 0.2) is 0 Å². The molecule has 0 aromatic carbocycles. The van der Waals surface area contributed by atoms with Gasteiger partial charge in [0, 0.05) is 13.0 Å². The molecule has 0 aliphatic heterocycles. The van der Waals surface area contributed by atoms with Gasteiger partial charge in [-0.05, 0) is 32.6 Å². The summed E-state index contributed by atoms with van der Waals surface area (Å²) in [5, 5.41) is 0. The van der Waals surface area contributed by atoms with Gasteiger partial charge in [-0.15, -0.1) is 0 Å².